The first-order valence-corrected chi connectivity index (χ1v) is 12.2. The Bertz CT molecular complexity index is 1050. The minimum absolute atomic E-state index is 0.0654. The lowest BCUT2D eigenvalue weighted by Gasteiger charge is -2.34. The van der Waals surface area contributed by atoms with Crippen molar-refractivity contribution in [2.45, 2.75) is 44.9 Å². The third-order valence-electron chi connectivity index (χ3n) is 6.70. The first-order chi connectivity index (χ1) is 16.6. The van der Waals surface area contributed by atoms with Gasteiger partial charge in [-0.05, 0) is 87.5 Å². The first-order valence-electron chi connectivity index (χ1n) is 12.2. The van der Waals surface area contributed by atoms with E-state index in [1.807, 2.05) is 0 Å². The highest BCUT2D eigenvalue weighted by Crippen LogP contribution is 2.29. The number of carbonyl (C=O) groups is 1. The maximum absolute atomic E-state index is 14.7. The number of β-amino-alcohol motifs (C(OH)–C–C–N with tert-alkyl or cyclic N) is 1. The monoisotopic (exact) mass is 490 g/mol. The van der Waals surface area contributed by atoms with E-state index in [-0.39, 0.29) is 23.8 Å². The van der Waals surface area contributed by atoms with Crippen molar-refractivity contribution in [3.8, 4) is 16.9 Å². The molecule has 2 aromatic rings. The van der Waals surface area contributed by atoms with Crippen LogP contribution >= 0.6 is 0 Å². The van der Waals surface area contributed by atoms with Crippen molar-refractivity contribution in [1.82, 2.24) is 9.80 Å². The van der Waals surface area contributed by atoms with Gasteiger partial charge < -0.3 is 19.6 Å². The SMILES string of the molecule is CC(C)(F)CN1CCC(COc2ccc(-c3ccc(C(=O)N4CC[C@H](O)C4)c(F)c3)cc2F)CC1. The van der Waals surface area contributed by atoms with Gasteiger partial charge in [-0.2, -0.15) is 0 Å². The molecule has 35 heavy (non-hydrogen) atoms. The molecule has 0 unspecified atom stereocenters. The number of benzene rings is 2. The first kappa shape index (κ1) is 25.5. The highest BCUT2D eigenvalue weighted by molar-refractivity contribution is 5.95. The molecule has 0 aliphatic carbocycles. The molecule has 1 amide bonds. The number of alkyl halides is 1. The van der Waals surface area contributed by atoms with Crippen LogP contribution in [0.15, 0.2) is 36.4 Å². The summed E-state index contributed by atoms with van der Waals surface area (Å²) in [4.78, 5) is 16.1. The van der Waals surface area contributed by atoms with Gasteiger partial charge >= 0.3 is 0 Å². The van der Waals surface area contributed by atoms with Gasteiger partial charge in [0.1, 0.15) is 11.5 Å². The summed E-state index contributed by atoms with van der Waals surface area (Å²) in [6.45, 7) is 6.14. The van der Waals surface area contributed by atoms with Gasteiger partial charge in [-0.15, -0.1) is 0 Å². The lowest BCUT2D eigenvalue weighted by Crippen LogP contribution is -2.41. The smallest absolute Gasteiger partial charge is 0.256 e. The van der Waals surface area contributed by atoms with Crippen LogP contribution in [-0.2, 0) is 0 Å². The standard InChI is InChI=1S/C27H33F3N2O3/c1-27(2,30)17-31-10-7-18(8-11-31)16-35-25-6-4-20(14-24(25)29)19-3-5-22(23(28)13-19)26(34)32-12-9-21(33)15-32/h3-6,13-14,18,21,33H,7-12,15-17H2,1-2H3/t21-/m0/s1. The molecule has 190 valence electrons. The number of likely N-dealkylation sites (tertiary alicyclic amines) is 2. The molecule has 2 aliphatic heterocycles. The number of rotatable bonds is 7. The molecule has 2 fully saturated rings. The Morgan fingerprint density at radius 1 is 1.03 bits per heavy atom. The van der Waals surface area contributed by atoms with Crippen LogP contribution in [0.5, 0.6) is 5.75 Å². The van der Waals surface area contributed by atoms with Crippen LogP contribution in [0.3, 0.4) is 0 Å². The van der Waals surface area contributed by atoms with Gasteiger partial charge in [0.2, 0.25) is 0 Å². The Morgan fingerprint density at radius 3 is 2.26 bits per heavy atom. The van der Waals surface area contributed by atoms with E-state index in [0.717, 1.165) is 25.9 Å². The van der Waals surface area contributed by atoms with E-state index in [1.165, 1.54) is 29.2 Å². The Hall–Kier alpha value is -2.58. The molecule has 2 saturated heterocycles. The Kier molecular flexibility index (Phi) is 7.71. The third-order valence-corrected chi connectivity index (χ3v) is 6.70. The highest BCUT2D eigenvalue weighted by atomic mass is 19.1. The number of nitrogens with zero attached hydrogens (tertiary/aromatic N) is 2. The van der Waals surface area contributed by atoms with E-state index >= 15 is 0 Å². The second kappa shape index (κ2) is 10.6. The maximum atomic E-state index is 14.7. The molecule has 8 heteroatoms. The summed E-state index contributed by atoms with van der Waals surface area (Å²) < 4.78 is 49.0. The zero-order chi connectivity index (χ0) is 25.2. The summed E-state index contributed by atoms with van der Waals surface area (Å²) in [6.07, 6.45) is 1.65. The topological polar surface area (TPSA) is 53.0 Å². The quantitative estimate of drug-likeness (QED) is 0.613. The van der Waals surface area contributed by atoms with Crippen LogP contribution in [0.4, 0.5) is 13.2 Å². The predicted molar refractivity (Wildman–Crippen MR) is 128 cm³/mol. The van der Waals surface area contributed by atoms with Gasteiger partial charge in [0.15, 0.2) is 11.6 Å². The lowest BCUT2D eigenvalue weighted by molar-refractivity contribution is 0.0760. The van der Waals surface area contributed by atoms with Gasteiger partial charge in [0, 0.05) is 19.6 Å². The summed E-state index contributed by atoms with van der Waals surface area (Å²) in [6, 6.07) is 8.71. The van der Waals surface area contributed by atoms with E-state index < -0.39 is 29.3 Å². The lowest BCUT2D eigenvalue weighted by atomic mass is 9.96. The fraction of sp³-hybridized carbons (Fsp3) is 0.519. The summed E-state index contributed by atoms with van der Waals surface area (Å²) in [5, 5.41) is 9.62. The molecule has 1 N–H and O–H groups in total. The number of aliphatic hydroxyl groups excluding tert-OH is 1. The van der Waals surface area contributed by atoms with Crippen molar-refractivity contribution in [2.24, 2.45) is 5.92 Å². The van der Waals surface area contributed by atoms with E-state index in [0.29, 0.717) is 37.2 Å². The van der Waals surface area contributed by atoms with Crippen molar-refractivity contribution in [1.29, 1.82) is 0 Å². The van der Waals surface area contributed by atoms with Crippen LogP contribution in [0.25, 0.3) is 11.1 Å². The van der Waals surface area contributed by atoms with Gasteiger partial charge in [-0.1, -0.05) is 12.1 Å². The van der Waals surface area contributed by atoms with Gasteiger partial charge in [0.05, 0.1) is 18.3 Å². The molecule has 0 radical (unpaired) electrons. The summed E-state index contributed by atoms with van der Waals surface area (Å²) in [5.74, 6) is -1.26. The number of hydrogen-bond donors (Lipinski definition) is 1. The van der Waals surface area contributed by atoms with Crippen molar-refractivity contribution in [2.75, 3.05) is 39.3 Å². The van der Waals surface area contributed by atoms with Crippen LogP contribution in [0.2, 0.25) is 0 Å². The van der Waals surface area contributed by atoms with Crippen LogP contribution in [0, 0.1) is 17.6 Å². The number of amides is 1. The molecular formula is C27H33F3N2O3. The number of halogens is 3. The van der Waals surface area contributed by atoms with E-state index in [1.54, 1.807) is 26.0 Å². The fourth-order valence-corrected chi connectivity index (χ4v) is 4.81. The zero-order valence-electron chi connectivity index (χ0n) is 20.3. The van der Waals surface area contributed by atoms with E-state index in [4.69, 9.17) is 4.74 Å². The summed E-state index contributed by atoms with van der Waals surface area (Å²) >= 11 is 0. The second-order valence-corrected chi connectivity index (χ2v) is 10.3. The molecular weight excluding hydrogens is 457 g/mol. The van der Waals surface area contributed by atoms with Crippen LogP contribution in [0.1, 0.15) is 43.5 Å². The molecule has 0 aromatic heterocycles. The third kappa shape index (κ3) is 6.55. The van der Waals surface area contributed by atoms with Gasteiger partial charge in [0.25, 0.3) is 5.91 Å². The van der Waals surface area contributed by atoms with Crippen molar-refractivity contribution in [3.63, 3.8) is 0 Å². The average Bonchev–Trinajstić information content (AvgIpc) is 3.24. The number of carbonyl (C=O) groups excluding carboxylic acids is 1. The molecule has 0 saturated carbocycles. The molecule has 0 bridgehead atoms. The number of hydrogen-bond acceptors (Lipinski definition) is 4. The summed E-state index contributed by atoms with van der Waals surface area (Å²) in [7, 11) is 0. The van der Waals surface area contributed by atoms with Crippen LogP contribution in [-0.4, -0.2) is 71.9 Å². The molecule has 2 heterocycles. The molecule has 2 aromatic carbocycles. The number of ether oxygens (including phenoxy) is 1. The van der Waals surface area contributed by atoms with E-state index in [2.05, 4.69) is 4.90 Å². The Balaban J connectivity index is 1.34. The van der Waals surface area contributed by atoms with Gasteiger partial charge in [-0.3, -0.25) is 4.79 Å². The predicted octanol–water partition coefficient (Wildman–Crippen LogP) is 4.68. The second-order valence-electron chi connectivity index (χ2n) is 10.3. The fourth-order valence-electron chi connectivity index (χ4n) is 4.81. The van der Waals surface area contributed by atoms with Crippen molar-refractivity contribution < 1.29 is 27.8 Å². The van der Waals surface area contributed by atoms with Crippen molar-refractivity contribution >= 4 is 5.91 Å². The molecule has 0 spiro atoms. The minimum Gasteiger partial charge on any atom is -0.490 e. The zero-order valence-corrected chi connectivity index (χ0v) is 20.3. The molecule has 2 aliphatic rings. The normalized spacial score (nSPS) is 19.8. The Morgan fingerprint density at radius 2 is 1.69 bits per heavy atom. The highest BCUT2D eigenvalue weighted by Gasteiger charge is 2.28. The average molecular weight is 491 g/mol. The molecule has 4 rings (SSSR count). The largest absolute Gasteiger partial charge is 0.490 e. The van der Waals surface area contributed by atoms with Crippen molar-refractivity contribution in [3.05, 3.63) is 53.6 Å². The molecule has 1 atom stereocenters. The number of aliphatic hydroxyl groups is 1. The van der Waals surface area contributed by atoms with Crippen LogP contribution < -0.4 is 4.74 Å². The maximum Gasteiger partial charge on any atom is 0.256 e. The summed E-state index contributed by atoms with van der Waals surface area (Å²) in [5.41, 5.74) is -0.352. The van der Waals surface area contributed by atoms with E-state index in [9.17, 15) is 23.1 Å². The Labute approximate surface area is 204 Å². The minimum atomic E-state index is -1.22. The van der Waals surface area contributed by atoms with Gasteiger partial charge in [-0.25, -0.2) is 13.2 Å². The number of piperidine rings is 1. The molecule has 5 nitrogen and oxygen atoms in total.